The van der Waals surface area contributed by atoms with E-state index >= 15 is 0 Å². The lowest BCUT2D eigenvalue weighted by Gasteiger charge is -2.28. The summed E-state index contributed by atoms with van der Waals surface area (Å²) in [6.07, 6.45) is 0.1000. The Morgan fingerprint density at radius 1 is 1.29 bits per heavy atom. The van der Waals surface area contributed by atoms with Crippen molar-refractivity contribution in [3.05, 3.63) is 46.5 Å². The number of nitrogens with zero attached hydrogens (tertiary/aromatic N) is 1. The third kappa shape index (κ3) is 6.00. The van der Waals surface area contributed by atoms with E-state index in [1.807, 2.05) is 25.3 Å². The highest BCUT2D eigenvalue weighted by Crippen LogP contribution is 2.34. The van der Waals surface area contributed by atoms with Crippen LogP contribution < -0.4 is 10.6 Å². The maximum Gasteiger partial charge on any atom is 0.407 e. The summed E-state index contributed by atoms with van der Waals surface area (Å²) in [4.78, 5) is 24.2. The summed E-state index contributed by atoms with van der Waals surface area (Å²) in [5.74, 6) is -0.609. The number of nitrogens with one attached hydrogen (secondary N) is 2. The summed E-state index contributed by atoms with van der Waals surface area (Å²) in [6.45, 7) is 12.1. The second-order valence-electron chi connectivity index (χ2n) is 8.10. The summed E-state index contributed by atoms with van der Waals surface area (Å²) in [5.41, 5.74) is 1.66. The molecule has 2 N–H and O–H groups in total. The highest BCUT2D eigenvalue weighted by molar-refractivity contribution is 6.30. The second-order valence-corrected chi connectivity index (χ2v) is 8.54. The number of rotatable bonds is 4. The SMILES string of the molecule is CC.Cc1c(-c2cc(Cl)ccc2F)cc2n1C(CCNC(=O)OC(C)(C)C)CNC2=O. The molecule has 2 heterocycles. The second kappa shape index (κ2) is 10.2. The van der Waals surface area contributed by atoms with Crippen molar-refractivity contribution in [2.24, 2.45) is 0 Å². The molecule has 1 unspecified atom stereocenters. The number of fused-ring (bicyclic) bond motifs is 1. The van der Waals surface area contributed by atoms with Crippen LogP contribution in [0.2, 0.25) is 5.02 Å². The zero-order valence-electron chi connectivity index (χ0n) is 18.9. The van der Waals surface area contributed by atoms with Gasteiger partial charge in [0.15, 0.2) is 0 Å². The third-order valence-electron chi connectivity index (χ3n) is 4.75. The van der Waals surface area contributed by atoms with Crippen molar-refractivity contribution in [3.8, 4) is 11.1 Å². The minimum Gasteiger partial charge on any atom is -0.444 e. The predicted octanol–water partition coefficient (Wildman–Crippen LogP) is 5.48. The number of hydrogen-bond donors (Lipinski definition) is 2. The third-order valence-corrected chi connectivity index (χ3v) is 4.99. The number of carbonyl (C=O) groups is 2. The standard InChI is InChI=1S/C21H25ClFN3O3.C2H6/c1-12-15(16-9-13(22)5-6-17(16)23)10-18-19(27)25-11-14(26(12)18)7-8-24-20(28)29-21(2,3)4;1-2/h5-6,9-10,14H,7-8,11H2,1-4H3,(H,24,28)(H,25,27);1-2H3. The molecule has 0 bridgehead atoms. The molecule has 3 rings (SSSR count). The molecule has 0 saturated carbocycles. The Labute approximate surface area is 188 Å². The van der Waals surface area contributed by atoms with E-state index in [2.05, 4.69) is 10.6 Å². The van der Waals surface area contributed by atoms with Crippen molar-refractivity contribution in [2.45, 2.75) is 59.6 Å². The number of aromatic nitrogens is 1. The average Bonchev–Trinajstić information content (AvgIpc) is 3.04. The van der Waals surface area contributed by atoms with Crippen LogP contribution in [0.1, 0.15) is 63.3 Å². The molecule has 8 heteroatoms. The molecule has 0 fully saturated rings. The Bertz CT molecular complexity index is 950. The largest absolute Gasteiger partial charge is 0.444 e. The fourth-order valence-corrected chi connectivity index (χ4v) is 3.69. The molecule has 6 nitrogen and oxygen atoms in total. The number of amides is 2. The molecular formula is C23H31ClFN3O3. The number of hydrogen-bond acceptors (Lipinski definition) is 3. The molecule has 1 aromatic carbocycles. The minimum absolute atomic E-state index is 0.0753. The molecule has 1 aliphatic rings. The highest BCUT2D eigenvalue weighted by atomic mass is 35.5. The molecule has 0 aliphatic carbocycles. The van der Waals surface area contributed by atoms with Crippen LogP contribution in [0.25, 0.3) is 11.1 Å². The van der Waals surface area contributed by atoms with Crippen LogP contribution >= 0.6 is 11.6 Å². The lowest BCUT2D eigenvalue weighted by Crippen LogP contribution is -2.41. The van der Waals surface area contributed by atoms with Gasteiger partial charge in [-0.25, -0.2) is 9.18 Å². The quantitative estimate of drug-likeness (QED) is 0.646. The van der Waals surface area contributed by atoms with Gasteiger partial charge in [0.05, 0.1) is 6.04 Å². The van der Waals surface area contributed by atoms with Gasteiger partial charge in [0.2, 0.25) is 0 Å². The van der Waals surface area contributed by atoms with E-state index in [1.165, 1.54) is 12.1 Å². The molecular weight excluding hydrogens is 421 g/mol. The fourth-order valence-electron chi connectivity index (χ4n) is 3.52. The first-order chi connectivity index (χ1) is 14.6. The van der Waals surface area contributed by atoms with Gasteiger partial charge in [-0.15, -0.1) is 0 Å². The number of carbonyl (C=O) groups excluding carboxylic acids is 2. The predicted molar refractivity (Wildman–Crippen MR) is 121 cm³/mol. The lowest BCUT2D eigenvalue weighted by atomic mass is 10.1. The van der Waals surface area contributed by atoms with E-state index in [0.29, 0.717) is 41.4 Å². The molecule has 31 heavy (non-hydrogen) atoms. The van der Waals surface area contributed by atoms with Crippen LogP contribution in [0.5, 0.6) is 0 Å². The molecule has 0 saturated heterocycles. The Hall–Kier alpha value is -2.54. The fraction of sp³-hybridized carbons (Fsp3) is 0.478. The molecule has 170 valence electrons. The summed E-state index contributed by atoms with van der Waals surface area (Å²) in [5, 5.41) is 6.02. The molecule has 2 amide bonds. The summed E-state index contributed by atoms with van der Waals surface area (Å²) in [7, 11) is 0. The van der Waals surface area contributed by atoms with Crippen molar-refractivity contribution in [1.29, 1.82) is 0 Å². The van der Waals surface area contributed by atoms with Crippen LogP contribution in [-0.4, -0.2) is 35.3 Å². The first kappa shape index (κ1) is 24.7. The van der Waals surface area contributed by atoms with Crippen LogP contribution in [0.3, 0.4) is 0 Å². The summed E-state index contributed by atoms with van der Waals surface area (Å²) >= 11 is 6.04. The van der Waals surface area contributed by atoms with Crippen molar-refractivity contribution in [1.82, 2.24) is 15.2 Å². The van der Waals surface area contributed by atoms with Crippen molar-refractivity contribution >= 4 is 23.6 Å². The number of halogens is 2. The van der Waals surface area contributed by atoms with Crippen molar-refractivity contribution in [2.75, 3.05) is 13.1 Å². The Morgan fingerprint density at radius 3 is 2.61 bits per heavy atom. The maximum absolute atomic E-state index is 14.4. The number of alkyl carbamates (subject to hydrolysis) is 1. The van der Waals surface area contributed by atoms with E-state index in [9.17, 15) is 14.0 Å². The van der Waals surface area contributed by atoms with Gasteiger partial charge in [-0.3, -0.25) is 4.79 Å². The average molecular weight is 452 g/mol. The van der Waals surface area contributed by atoms with E-state index in [-0.39, 0.29) is 11.9 Å². The summed E-state index contributed by atoms with van der Waals surface area (Å²) < 4.78 is 21.5. The Morgan fingerprint density at radius 2 is 1.97 bits per heavy atom. The molecule has 1 atom stereocenters. The Kier molecular flexibility index (Phi) is 8.12. The number of benzene rings is 1. The van der Waals surface area contributed by atoms with Gasteiger partial charge in [0.1, 0.15) is 17.1 Å². The molecule has 1 aliphatic heterocycles. The van der Waals surface area contributed by atoms with E-state index in [4.69, 9.17) is 16.3 Å². The molecule has 1 aromatic heterocycles. The van der Waals surface area contributed by atoms with E-state index < -0.39 is 17.5 Å². The number of ether oxygens (including phenoxy) is 1. The van der Waals surface area contributed by atoms with Gasteiger partial charge in [-0.2, -0.15) is 0 Å². The van der Waals surface area contributed by atoms with Gasteiger partial charge >= 0.3 is 6.09 Å². The van der Waals surface area contributed by atoms with Gasteiger partial charge in [0, 0.05) is 34.9 Å². The normalized spacial score (nSPS) is 15.4. The van der Waals surface area contributed by atoms with Crippen LogP contribution in [0, 0.1) is 12.7 Å². The van der Waals surface area contributed by atoms with E-state index in [0.717, 1.165) is 5.69 Å². The Balaban J connectivity index is 0.00000166. The topological polar surface area (TPSA) is 72.4 Å². The van der Waals surface area contributed by atoms with E-state index in [1.54, 1.807) is 32.9 Å². The molecule has 0 radical (unpaired) electrons. The van der Waals surface area contributed by atoms with Crippen molar-refractivity contribution in [3.63, 3.8) is 0 Å². The first-order valence-corrected chi connectivity index (χ1v) is 10.9. The zero-order valence-corrected chi connectivity index (χ0v) is 19.7. The van der Waals surface area contributed by atoms with Gasteiger partial charge in [0.25, 0.3) is 5.91 Å². The highest BCUT2D eigenvalue weighted by Gasteiger charge is 2.29. The first-order valence-electron chi connectivity index (χ1n) is 10.5. The smallest absolute Gasteiger partial charge is 0.407 e. The zero-order chi connectivity index (χ0) is 23.3. The van der Waals surface area contributed by atoms with Gasteiger partial charge < -0.3 is 19.9 Å². The lowest BCUT2D eigenvalue weighted by molar-refractivity contribution is 0.0523. The van der Waals surface area contributed by atoms with Gasteiger partial charge in [-0.1, -0.05) is 25.4 Å². The van der Waals surface area contributed by atoms with Crippen molar-refractivity contribution < 1.29 is 18.7 Å². The maximum atomic E-state index is 14.4. The summed E-state index contributed by atoms with van der Waals surface area (Å²) in [6, 6.07) is 5.97. The monoisotopic (exact) mass is 451 g/mol. The van der Waals surface area contributed by atoms with Crippen LogP contribution in [-0.2, 0) is 4.74 Å². The van der Waals surface area contributed by atoms with Gasteiger partial charge in [-0.05, 0) is 58.4 Å². The minimum atomic E-state index is -0.566. The molecule has 0 spiro atoms. The molecule has 2 aromatic rings. The van der Waals surface area contributed by atoms with Crippen LogP contribution in [0.4, 0.5) is 9.18 Å². The van der Waals surface area contributed by atoms with Crippen LogP contribution in [0.15, 0.2) is 24.3 Å².